The third kappa shape index (κ3) is 5.67. The topological polar surface area (TPSA) is 45.2 Å². The summed E-state index contributed by atoms with van der Waals surface area (Å²) in [6, 6.07) is 8.46. The first-order chi connectivity index (χ1) is 12.2. The fourth-order valence-electron chi connectivity index (χ4n) is 3.43. The van der Waals surface area contributed by atoms with Crippen LogP contribution in [0.1, 0.15) is 41.0 Å². The first-order valence-corrected chi connectivity index (χ1v) is 10.1. The number of nitrogens with one attached hydrogen (secondary N) is 1. The molecular weight excluding hydrogens is 401 g/mol. The van der Waals surface area contributed by atoms with E-state index in [0.717, 1.165) is 60.2 Å². The number of hydrogen-bond acceptors (Lipinski definition) is 4. The molecule has 0 unspecified atom stereocenters. The molecule has 1 N–H and O–H groups in total. The summed E-state index contributed by atoms with van der Waals surface area (Å²) in [7, 11) is 0. The number of amides is 1. The predicted octanol–water partition coefficient (Wildman–Crippen LogP) is 4.57. The molecule has 1 aliphatic heterocycles. The maximum atomic E-state index is 12.9. The standard InChI is InChI=1S/C20H25N3OS.2ClH/c1-14-22-19(13-25-14)16-3-2-4-17(11-16)20(24)23-9-7-18(8-10-23)21-12-15-5-6-15;;/h2-4,11,13,15,18,21H,5-10,12H2,1H3;2*1H. The number of rotatable bonds is 5. The number of aryl methyl sites for hydroxylation is 1. The van der Waals surface area contributed by atoms with Crippen LogP contribution in [0.25, 0.3) is 11.3 Å². The number of aromatic nitrogens is 1. The van der Waals surface area contributed by atoms with Crippen molar-refractivity contribution in [1.82, 2.24) is 15.2 Å². The van der Waals surface area contributed by atoms with E-state index in [1.165, 1.54) is 12.8 Å². The molecule has 1 amide bonds. The van der Waals surface area contributed by atoms with Crippen LogP contribution in [-0.2, 0) is 0 Å². The van der Waals surface area contributed by atoms with Gasteiger partial charge in [0.05, 0.1) is 10.7 Å². The van der Waals surface area contributed by atoms with Gasteiger partial charge in [-0.05, 0) is 57.2 Å². The summed E-state index contributed by atoms with van der Waals surface area (Å²) < 4.78 is 0. The SMILES string of the molecule is Cc1nc(-c2cccc(C(=O)N3CCC(NCC4CC4)CC3)c2)cs1.Cl.Cl. The highest BCUT2D eigenvalue weighted by atomic mass is 35.5. The van der Waals surface area contributed by atoms with Crippen LogP contribution in [0.3, 0.4) is 0 Å². The van der Waals surface area contributed by atoms with E-state index in [2.05, 4.69) is 15.7 Å². The molecule has 0 spiro atoms. The lowest BCUT2D eigenvalue weighted by molar-refractivity contribution is 0.0705. The zero-order chi connectivity index (χ0) is 17.2. The molecule has 1 aromatic heterocycles. The lowest BCUT2D eigenvalue weighted by Crippen LogP contribution is -2.45. The maximum Gasteiger partial charge on any atom is 0.253 e. The molecular formula is C20H27Cl2N3OS. The number of likely N-dealkylation sites (tertiary alicyclic amines) is 1. The Morgan fingerprint density at radius 2 is 1.96 bits per heavy atom. The van der Waals surface area contributed by atoms with Crippen LogP contribution in [0.15, 0.2) is 29.6 Å². The molecule has 1 aliphatic carbocycles. The van der Waals surface area contributed by atoms with Crippen LogP contribution in [0.4, 0.5) is 0 Å². The zero-order valence-corrected chi connectivity index (χ0v) is 18.0. The number of piperidine rings is 1. The van der Waals surface area contributed by atoms with Crippen molar-refractivity contribution in [2.75, 3.05) is 19.6 Å². The minimum atomic E-state index is 0. The van der Waals surface area contributed by atoms with Crippen LogP contribution in [0, 0.1) is 12.8 Å². The molecule has 1 saturated carbocycles. The van der Waals surface area contributed by atoms with Crippen molar-refractivity contribution in [3.63, 3.8) is 0 Å². The van der Waals surface area contributed by atoms with Crippen molar-refractivity contribution in [1.29, 1.82) is 0 Å². The Morgan fingerprint density at radius 1 is 1.22 bits per heavy atom. The van der Waals surface area contributed by atoms with E-state index < -0.39 is 0 Å². The minimum Gasteiger partial charge on any atom is -0.339 e. The van der Waals surface area contributed by atoms with E-state index in [1.807, 2.05) is 36.1 Å². The van der Waals surface area contributed by atoms with Crippen molar-refractivity contribution in [3.05, 3.63) is 40.2 Å². The molecule has 1 aromatic carbocycles. The molecule has 1 saturated heterocycles. The number of carbonyl (C=O) groups excluding carboxylic acids is 1. The van der Waals surface area contributed by atoms with Crippen molar-refractivity contribution >= 4 is 42.1 Å². The smallest absolute Gasteiger partial charge is 0.253 e. The van der Waals surface area contributed by atoms with Gasteiger partial charge in [-0.15, -0.1) is 36.2 Å². The summed E-state index contributed by atoms with van der Waals surface area (Å²) in [6.07, 6.45) is 4.89. The Hall–Kier alpha value is -1.14. The number of nitrogens with zero attached hydrogens (tertiary/aromatic N) is 2. The van der Waals surface area contributed by atoms with Crippen molar-refractivity contribution < 1.29 is 4.79 Å². The van der Waals surface area contributed by atoms with Crippen molar-refractivity contribution in [2.24, 2.45) is 5.92 Å². The van der Waals surface area contributed by atoms with Gasteiger partial charge >= 0.3 is 0 Å². The number of halogens is 2. The molecule has 0 atom stereocenters. The van der Waals surface area contributed by atoms with Gasteiger partial charge in [0.15, 0.2) is 0 Å². The second-order valence-electron chi connectivity index (χ2n) is 7.25. The first kappa shape index (κ1) is 22.2. The Bertz CT molecular complexity index is 755. The normalized spacial score (nSPS) is 17.1. The third-order valence-corrected chi connectivity index (χ3v) is 5.97. The van der Waals surface area contributed by atoms with Crippen LogP contribution < -0.4 is 5.32 Å². The van der Waals surface area contributed by atoms with E-state index in [-0.39, 0.29) is 30.7 Å². The van der Waals surface area contributed by atoms with Gasteiger partial charge in [-0.2, -0.15) is 0 Å². The Balaban J connectivity index is 0.00000131. The Morgan fingerprint density at radius 3 is 2.59 bits per heavy atom. The molecule has 0 radical (unpaired) electrons. The van der Waals surface area contributed by atoms with Crippen LogP contribution in [0.5, 0.6) is 0 Å². The first-order valence-electron chi connectivity index (χ1n) is 9.24. The monoisotopic (exact) mass is 427 g/mol. The largest absolute Gasteiger partial charge is 0.339 e. The predicted molar refractivity (Wildman–Crippen MR) is 116 cm³/mol. The molecule has 2 aromatic rings. The number of benzene rings is 1. The highest BCUT2D eigenvalue weighted by Gasteiger charge is 2.26. The van der Waals surface area contributed by atoms with E-state index >= 15 is 0 Å². The van der Waals surface area contributed by atoms with Gasteiger partial charge in [-0.3, -0.25) is 4.79 Å². The molecule has 7 heteroatoms. The maximum absolute atomic E-state index is 12.9. The summed E-state index contributed by atoms with van der Waals surface area (Å²) in [5, 5.41) is 6.77. The molecule has 148 valence electrons. The van der Waals surface area contributed by atoms with Gasteiger partial charge in [0, 0.05) is 35.6 Å². The molecule has 2 heterocycles. The lowest BCUT2D eigenvalue weighted by Gasteiger charge is -2.32. The van der Waals surface area contributed by atoms with Gasteiger partial charge in [-0.1, -0.05) is 12.1 Å². The summed E-state index contributed by atoms with van der Waals surface area (Å²) in [5.74, 6) is 1.06. The molecule has 4 nitrogen and oxygen atoms in total. The highest BCUT2D eigenvalue weighted by molar-refractivity contribution is 7.09. The van der Waals surface area contributed by atoms with E-state index in [0.29, 0.717) is 6.04 Å². The van der Waals surface area contributed by atoms with Gasteiger partial charge in [-0.25, -0.2) is 4.98 Å². The average Bonchev–Trinajstić information content (AvgIpc) is 3.39. The Kier molecular flexibility index (Phi) is 8.10. The van der Waals surface area contributed by atoms with Gasteiger partial charge in [0.25, 0.3) is 5.91 Å². The van der Waals surface area contributed by atoms with Crippen LogP contribution >= 0.6 is 36.2 Å². The highest BCUT2D eigenvalue weighted by Crippen LogP contribution is 2.28. The molecule has 0 bridgehead atoms. The fraction of sp³-hybridized carbons (Fsp3) is 0.500. The quantitative estimate of drug-likeness (QED) is 0.759. The minimum absolute atomic E-state index is 0. The fourth-order valence-corrected chi connectivity index (χ4v) is 4.05. The average molecular weight is 428 g/mol. The van der Waals surface area contributed by atoms with Gasteiger partial charge < -0.3 is 10.2 Å². The summed E-state index contributed by atoms with van der Waals surface area (Å²) in [5.41, 5.74) is 2.75. The van der Waals surface area contributed by atoms with Crippen molar-refractivity contribution in [3.8, 4) is 11.3 Å². The van der Waals surface area contributed by atoms with Gasteiger partial charge in [0.1, 0.15) is 0 Å². The van der Waals surface area contributed by atoms with Gasteiger partial charge in [0.2, 0.25) is 0 Å². The van der Waals surface area contributed by atoms with E-state index in [9.17, 15) is 4.79 Å². The summed E-state index contributed by atoms with van der Waals surface area (Å²) in [4.78, 5) is 19.4. The number of carbonyl (C=O) groups is 1. The lowest BCUT2D eigenvalue weighted by atomic mass is 10.0. The number of hydrogen-bond donors (Lipinski definition) is 1. The Labute approximate surface area is 177 Å². The van der Waals surface area contributed by atoms with Crippen molar-refractivity contribution in [2.45, 2.75) is 38.6 Å². The third-order valence-electron chi connectivity index (χ3n) is 5.20. The molecule has 2 aliphatic rings. The second kappa shape index (κ2) is 9.87. The molecule has 2 fully saturated rings. The molecule has 27 heavy (non-hydrogen) atoms. The van der Waals surface area contributed by atoms with Crippen LogP contribution in [0.2, 0.25) is 0 Å². The molecule has 4 rings (SSSR count). The second-order valence-corrected chi connectivity index (χ2v) is 8.31. The van der Waals surface area contributed by atoms with E-state index in [1.54, 1.807) is 11.3 Å². The summed E-state index contributed by atoms with van der Waals surface area (Å²) >= 11 is 1.64. The summed E-state index contributed by atoms with van der Waals surface area (Å²) in [6.45, 7) is 4.86. The zero-order valence-electron chi connectivity index (χ0n) is 15.5. The number of thiazole rings is 1. The van der Waals surface area contributed by atoms with Crippen LogP contribution in [-0.4, -0.2) is 41.5 Å². The van der Waals surface area contributed by atoms with E-state index in [4.69, 9.17) is 0 Å².